The molecule has 2 heteroatoms. The summed E-state index contributed by atoms with van der Waals surface area (Å²) in [6.45, 7) is 8.28. The summed E-state index contributed by atoms with van der Waals surface area (Å²) in [6.07, 6.45) is 2.29. The van der Waals surface area contributed by atoms with Crippen LogP contribution in [-0.2, 0) is 0 Å². The summed E-state index contributed by atoms with van der Waals surface area (Å²) < 4.78 is 5.69. The first-order chi connectivity index (χ1) is 7.77. The number of nitrogens with one attached hydrogen (secondary N) is 1. The second-order valence-corrected chi connectivity index (χ2v) is 4.05. The van der Waals surface area contributed by atoms with E-state index in [9.17, 15) is 0 Å². The van der Waals surface area contributed by atoms with Crippen LogP contribution in [0.4, 0.5) is 0 Å². The van der Waals surface area contributed by atoms with Crippen LogP contribution in [0.25, 0.3) is 0 Å². The Morgan fingerprint density at radius 1 is 1.31 bits per heavy atom. The van der Waals surface area contributed by atoms with Gasteiger partial charge in [-0.3, -0.25) is 0 Å². The zero-order chi connectivity index (χ0) is 11.8. The Hall–Kier alpha value is -1.02. The number of rotatable bonds is 7. The minimum absolute atomic E-state index is 0.389. The largest absolute Gasteiger partial charge is 0.494 e. The highest BCUT2D eigenvalue weighted by Gasteiger charge is 2.04. The molecule has 1 aromatic rings. The Morgan fingerprint density at radius 3 is 2.81 bits per heavy atom. The Labute approximate surface area is 99.0 Å². The van der Waals surface area contributed by atoms with Gasteiger partial charge in [0.15, 0.2) is 0 Å². The van der Waals surface area contributed by atoms with E-state index in [0.717, 1.165) is 25.3 Å². The third-order valence-electron chi connectivity index (χ3n) is 2.64. The molecule has 0 saturated carbocycles. The number of benzene rings is 1. The topological polar surface area (TPSA) is 21.3 Å². The molecule has 0 aliphatic rings. The summed E-state index contributed by atoms with van der Waals surface area (Å²) >= 11 is 0. The quantitative estimate of drug-likeness (QED) is 0.711. The predicted molar refractivity (Wildman–Crippen MR) is 68.9 cm³/mol. The van der Waals surface area contributed by atoms with Gasteiger partial charge < -0.3 is 10.1 Å². The summed E-state index contributed by atoms with van der Waals surface area (Å²) in [7, 11) is 0. The van der Waals surface area contributed by atoms with E-state index in [-0.39, 0.29) is 0 Å². The van der Waals surface area contributed by atoms with Gasteiger partial charge in [0, 0.05) is 6.04 Å². The van der Waals surface area contributed by atoms with Crippen molar-refractivity contribution in [3.8, 4) is 5.75 Å². The van der Waals surface area contributed by atoms with E-state index in [0.29, 0.717) is 6.04 Å². The summed E-state index contributed by atoms with van der Waals surface area (Å²) in [4.78, 5) is 0. The number of hydrogen-bond donors (Lipinski definition) is 1. The first-order valence-corrected chi connectivity index (χ1v) is 6.24. The summed E-state index contributed by atoms with van der Waals surface area (Å²) in [5.41, 5.74) is 1.29. The van der Waals surface area contributed by atoms with Crippen LogP contribution in [0, 0.1) is 0 Å². The lowest BCUT2D eigenvalue weighted by atomic mass is 10.1. The first kappa shape index (κ1) is 13.0. The molecule has 2 nitrogen and oxygen atoms in total. The average Bonchev–Trinajstić information content (AvgIpc) is 2.30. The van der Waals surface area contributed by atoms with Gasteiger partial charge in [-0.15, -0.1) is 0 Å². The molecule has 0 aromatic heterocycles. The van der Waals surface area contributed by atoms with E-state index >= 15 is 0 Å². The van der Waals surface area contributed by atoms with Gasteiger partial charge >= 0.3 is 0 Å². The minimum atomic E-state index is 0.389. The number of ether oxygens (including phenoxy) is 1. The SMILES string of the molecule is CCCCOc1cccc([C@@H](C)NCC)c1. The van der Waals surface area contributed by atoms with Crippen molar-refractivity contribution in [2.75, 3.05) is 13.2 Å². The van der Waals surface area contributed by atoms with Gasteiger partial charge in [0.05, 0.1) is 6.61 Å². The van der Waals surface area contributed by atoms with Gasteiger partial charge in [-0.2, -0.15) is 0 Å². The van der Waals surface area contributed by atoms with Crippen LogP contribution in [-0.4, -0.2) is 13.2 Å². The van der Waals surface area contributed by atoms with Gasteiger partial charge in [-0.05, 0) is 37.6 Å². The Bertz CT molecular complexity index is 299. The maximum absolute atomic E-state index is 5.69. The van der Waals surface area contributed by atoms with Crippen LogP contribution < -0.4 is 10.1 Å². The van der Waals surface area contributed by atoms with E-state index in [2.05, 4.69) is 44.3 Å². The molecule has 0 bridgehead atoms. The number of hydrogen-bond acceptors (Lipinski definition) is 2. The highest BCUT2D eigenvalue weighted by molar-refractivity contribution is 5.30. The molecule has 1 rings (SSSR count). The maximum atomic E-state index is 5.69. The van der Waals surface area contributed by atoms with Crippen LogP contribution >= 0.6 is 0 Å². The Balaban J connectivity index is 2.56. The normalized spacial score (nSPS) is 12.4. The maximum Gasteiger partial charge on any atom is 0.119 e. The van der Waals surface area contributed by atoms with Crippen LogP contribution in [0.3, 0.4) is 0 Å². The van der Waals surface area contributed by atoms with E-state index in [1.54, 1.807) is 0 Å². The van der Waals surface area contributed by atoms with Gasteiger partial charge in [0.2, 0.25) is 0 Å². The van der Waals surface area contributed by atoms with Crippen LogP contribution in [0.5, 0.6) is 5.75 Å². The molecule has 0 heterocycles. The average molecular weight is 221 g/mol. The zero-order valence-corrected chi connectivity index (χ0v) is 10.6. The molecule has 0 amide bonds. The molecule has 16 heavy (non-hydrogen) atoms. The lowest BCUT2D eigenvalue weighted by Crippen LogP contribution is -2.17. The molecule has 1 atom stereocenters. The minimum Gasteiger partial charge on any atom is -0.494 e. The van der Waals surface area contributed by atoms with Crippen molar-refractivity contribution in [2.24, 2.45) is 0 Å². The fourth-order valence-electron chi connectivity index (χ4n) is 1.63. The van der Waals surface area contributed by atoms with Gasteiger partial charge in [-0.25, -0.2) is 0 Å². The van der Waals surface area contributed by atoms with Crippen molar-refractivity contribution in [1.29, 1.82) is 0 Å². The summed E-state index contributed by atoms with van der Waals surface area (Å²) in [6, 6.07) is 8.74. The summed E-state index contributed by atoms with van der Waals surface area (Å²) in [5.74, 6) is 0.982. The first-order valence-electron chi connectivity index (χ1n) is 6.24. The van der Waals surface area contributed by atoms with Crippen LogP contribution in [0.1, 0.15) is 45.2 Å². The molecule has 90 valence electrons. The van der Waals surface area contributed by atoms with Crippen LogP contribution in [0.2, 0.25) is 0 Å². The van der Waals surface area contributed by atoms with Crippen LogP contribution in [0.15, 0.2) is 24.3 Å². The van der Waals surface area contributed by atoms with Crippen molar-refractivity contribution in [1.82, 2.24) is 5.32 Å². The Kier molecular flexibility index (Phi) is 5.94. The fourth-order valence-corrected chi connectivity index (χ4v) is 1.63. The van der Waals surface area contributed by atoms with Gasteiger partial charge in [0.25, 0.3) is 0 Å². The Morgan fingerprint density at radius 2 is 2.12 bits per heavy atom. The second-order valence-electron chi connectivity index (χ2n) is 4.05. The molecule has 1 N–H and O–H groups in total. The third-order valence-corrected chi connectivity index (χ3v) is 2.64. The molecule has 0 unspecified atom stereocenters. The van der Waals surface area contributed by atoms with Crippen molar-refractivity contribution in [3.05, 3.63) is 29.8 Å². The van der Waals surface area contributed by atoms with E-state index in [1.165, 1.54) is 12.0 Å². The van der Waals surface area contributed by atoms with Crippen molar-refractivity contribution < 1.29 is 4.74 Å². The molecule has 0 aliphatic heterocycles. The lowest BCUT2D eigenvalue weighted by molar-refractivity contribution is 0.309. The van der Waals surface area contributed by atoms with Crippen molar-refractivity contribution >= 4 is 0 Å². The molecule has 0 radical (unpaired) electrons. The fraction of sp³-hybridized carbons (Fsp3) is 0.571. The molecular weight excluding hydrogens is 198 g/mol. The smallest absolute Gasteiger partial charge is 0.119 e. The van der Waals surface area contributed by atoms with E-state index in [4.69, 9.17) is 4.74 Å². The molecular formula is C14H23NO. The zero-order valence-electron chi connectivity index (χ0n) is 10.6. The van der Waals surface area contributed by atoms with E-state index < -0.39 is 0 Å². The highest BCUT2D eigenvalue weighted by atomic mass is 16.5. The van der Waals surface area contributed by atoms with E-state index in [1.807, 2.05) is 6.07 Å². The molecule has 0 spiro atoms. The van der Waals surface area contributed by atoms with Crippen molar-refractivity contribution in [3.63, 3.8) is 0 Å². The van der Waals surface area contributed by atoms with Crippen molar-refractivity contribution in [2.45, 2.75) is 39.7 Å². The third kappa shape index (κ3) is 4.23. The molecule has 0 aliphatic carbocycles. The monoisotopic (exact) mass is 221 g/mol. The molecule has 0 fully saturated rings. The molecule has 1 aromatic carbocycles. The standard InChI is InChI=1S/C14H23NO/c1-4-6-10-16-14-9-7-8-13(11-14)12(3)15-5-2/h7-9,11-12,15H,4-6,10H2,1-3H3/t12-/m1/s1. The summed E-state index contributed by atoms with van der Waals surface area (Å²) in [5, 5.41) is 3.40. The van der Waals surface area contributed by atoms with Gasteiger partial charge in [0.1, 0.15) is 5.75 Å². The number of unbranched alkanes of at least 4 members (excludes halogenated alkanes) is 1. The molecule has 0 saturated heterocycles. The second kappa shape index (κ2) is 7.29. The predicted octanol–water partition coefficient (Wildman–Crippen LogP) is 3.54. The highest BCUT2D eigenvalue weighted by Crippen LogP contribution is 2.19. The van der Waals surface area contributed by atoms with Gasteiger partial charge in [-0.1, -0.05) is 32.4 Å². The lowest BCUT2D eigenvalue weighted by Gasteiger charge is -2.14.